The number of nitrogens with zero attached hydrogens (tertiary/aromatic N) is 2. The van der Waals surface area contributed by atoms with Crippen molar-refractivity contribution in [2.24, 2.45) is 0 Å². The van der Waals surface area contributed by atoms with Gasteiger partial charge in [0.1, 0.15) is 12.6 Å². The van der Waals surface area contributed by atoms with Gasteiger partial charge in [0.15, 0.2) is 0 Å². The van der Waals surface area contributed by atoms with Crippen molar-refractivity contribution in [1.82, 2.24) is 10.2 Å². The number of para-hydroxylation sites is 1. The molecular formula is C22H28BrN3O4S. The molecule has 1 N–H and O–H groups in total. The fourth-order valence-corrected chi connectivity index (χ4v) is 4.78. The Labute approximate surface area is 192 Å². The lowest BCUT2D eigenvalue weighted by Gasteiger charge is -2.33. The van der Waals surface area contributed by atoms with Gasteiger partial charge in [-0.3, -0.25) is 13.9 Å². The average Bonchev–Trinajstić information content (AvgIpc) is 2.72. The summed E-state index contributed by atoms with van der Waals surface area (Å²) >= 11 is 3.36. The van der Waals surface area contributed by atoms with Gasteiger partial charge in [0, 0.05) is 18.1 Å². The molecule has 0 saturated carbocycles. The smallest absolute Gasteiger partial charge is 0.244 e. The van der Waals surface area contributed by atoms with Crippen molar-refractivity contribution in [2.75, 3.05) is 24.2 Å². The molecule has 9 heteroatoms. The van der Waals surface area contributed by atoms with Gasteiger partial charge in [-0.05, 0) is 52.5 Å². The Morgan fingerprint density at radius 2 is 1.71 bits per heavy atom. The minimum absolute atomic E-state index is 0.199. The fraction of sp³-hybridized carbons (Fsp3) is 0.364. The number of benzene rings is 2. The van der Waals surface area contributed by atoms with E-state index in [2.05, 4.69) is 21.2 Å². The Balaban J connectivity index is 2.46. The van der Waals surface area contributed by atoms with Gasteiger partial charge in [0.2, 0.25) is 21.8 Å². The molecular weight excluding hydrogens is 482 g/mol. The number of amides is 2. The van der Waals surface area contributed by atoms with Crippen LogP contribution in [-0.2, 0) is 26.2 Å². The number of carbonyl (C=O) groups excluding carboxylic acids is 2. The standard InChI is InChI=1S/C22H28BrN3O4S/c1-5-19(22(28)24-3)25(14-17-11-7-6-10-16(17)2)21(27)15-26(31(4,29)30)20-13-9-8-12-18(20)23/h6-13,19H,5,14-15H2,1-4H3,(H,24,28)/t19-/m0/s1. The largest absolute Gasteiger partial charge is 0.357 e. The highest BCUT2D eigenvalue weighted by atomic mass is 79.9. The molecule has 0 aliphatic rings. The van der Waals surface area contributed by atoms with Crippen molar-refractivity contribution < 1.29 is 18.0 Å². The quantitative estimate of drug-likeness (QED) is 0.562. The summed E-state index contributed by atoms with van der Waals surface area (Å²) in [4.78, 5) is 27.4. The molecule has 1 atom stereocenters. The monoisotopic (exact) mass is 509 g/mol. The zero-order valence-corrected chi connectivity index (χ0v) is 20.5. The maximum atomic E-state index is 13.4. The number of anilines is 1. The highest BCUT2D eigenvalue weighted by molar-refractivity contribution is 9.10. The van der Waals surface area contributed by atoms with Crippen molar-refractivity contribution in [3.05, 3.63) is 64.1 Å². The summed E-state index contributed by atoms with van der Waals surface area (Å²) in [5.74, 6) is -0.754. The van der Waals surface area contributed by atoms with E-state index < -0.39 is 28.5 Å². The molecule has 2 aromatic carbocycles. The summed E-state index contributed by atoms with van der Waals surface area (Å²) in [5, 5.41) is 2.60. The van der Waals surface area contributed by atoms with Gasteiger partial charge in [-0.15, -0.1) is 0 Å². The van der Waals surface area contributed by atoms with E-state index in [4.69, 9.17) is 0 Å². The Morgan fingerprint density at radius 3 is 2.26 bits per heavy atom. The van der Waals surface area contributed by atoms with Gasteiger partial charge in [-0.1, -0.05) is 43.3 Å². The minimum Gasteiger partial charge on any atom is -0.357 e. The molecule has 0 aliphatic heterocycles. The molecule has 0 radical (unpaired) electrons. The number of carbonyl (C=O) groups is 2. The Kier molecular flexibility index (Phi) is 8.64. The molecule has 0 unspecified atom stereocenters. The van der Waals surface area contributed by atoms with Gasteiger partial charge >= 0.3 is 0 Å². The lowest BCUT2D eigenvalue weighted by atomic mass is 10.1. The second-order valence-electron chi connectivity index (χ2n) is 7.21. The number of likely N-dealkylation sites (N-methyl/N-ethyl adjacent to an activating group) is 1. The predicted molar refractivity (Wildman–Crippen MR) is 126 cm³/mol. The molecule has 0 bridgehead atoms. The van der Waals surface area contributed by atoms with Crippen molar-refractivity contribution in [3.63, 3.8) is 0 Å². The third-order valence-electron chi connectivity index (χ3n) is 5.03. The van der Waals surface area contributed by atoms with Crippen LogP contribution in [0.2, 0.25) is 0 Å². The third-order valence-corrected chi connectivity index (χ3v) is 6.83. The maximum absolute atomic E-state index is 13.4. The van der Waals surface area contributed by atoms with Crippen molar-refractivity contribution in [3.8, 4) is 0 Å². The van der Waals surface area contributed by atoms with Crippen LogP contribution < -0.4 is 9.62 Å². The first kappa shape index (κ1) is 24.9. The lowest BCUT2D eigenvalue weighted by Crippen LogP contribution is -2.51. The zero-order valence-electron chi connectivity index (χ0n) is 18.1. The van der Waals surface area contributed by atoms with E-state index >= 15 is 0 Å². The summed E-state index contributed by atoms with van der Waals surface area (Å²) in [5.41, 5.74) is 2.24. The third kappa shape index (κ3) is 6.30. The Morgan fingerprint density at radius 1 is 1.10 bits per heavy atom. The lowest BCUT2D eigenvalue weighted by molar-refractivity contribution is -0.140. The van der Waals surface area contributed by atoms with Crippen molar-refractivity contribution >= 4 is 43.5 Å². The van der Waals surface area contributed by atoms with Crippen LogP contribution in [0.15, 0.2) is 53.0 Å². The fourth-order valence-electron chi connectivity index (χ4n) is 3.31. The van der Waals surface area contributed by atoms with Gasteiger partial charge in [0.05, 0.1) is 11.9 Å². The van der Waals surface area contributed by atoms with E-state index in [9.17, 15) is 18.0 Å². The van der Waals surface area contributed by atoms with Gasteiger partial charge in [-0.25, -0.2) is 8.42 Å². The second-order valence-corrected chi connectivity index (χ2v) is 9.97. The van der Waals surface area contributed by atoms with Crippen LogP contribution in [0.4, 0.5) is 5.69 Å². The van der Waals surface area contributed by atoms with E-state index in [1.165, 1.54) is 11.9 Å². The molecule has 7 nitrogen and oxygen atoms in total. The molecule has 168 valence electrons. The normalized spacial score (nSPS) is 12.2. The molecule has 0 aromatic heterocycles. The Bertz CT molecular complexity index is 1040. The number of hydrogen-bond donors (Lipinski definition) is 1. The summed E-state index contributed by atoms with van der Waals surface area (Å²) in [6.07, 6.45) is 1.45. The van der Waals surface area contributed by atoms with Crippen LogP contribution in [0.25, 0.3) is 0 Å². The van der Waals surface area contributed by atoms with Gasteiger partial charge < -0.3 is 10.2 Å². The number of rotatable bonds is 9. The number of sulfonamides is 1. The van der Waals surface area contributed by atoms with E-state index in [1.54, 1.807) is 24.3 Å². The van der Waals surface area contributed by atoms with Crippen LogP contribution in [-0.4, -0.2) is 51.0 Å². The predicted octanol–water partition coefficient (Wildman–Crippen LogP) is 3.08. The van der Waals surface area contributed by atoms with E-state index in [-0.39, 0.29) is 12.5 Å². The number of nitrogens with one attached hydrogen (secondary N) is 1. The van der Waals surface area contributed by atoms with Crippen molar-refractivity contribution in [1.29, 1.82) is 0 Å². The van der Waals surface area contributed by atoms with Crippen LogP contribution >= 0.6 is 15.9 Å². The van der Waals surface area contributed by atoms with Crippen LogP contribution in [0, 0.1) is 6.92 Å². The molecule has 0 saturated heterocycles. The van der Waals surface area contributed by atoms with Gasteiger partial charge in [-0.2, -0.15) is 0 Å². The van der Waals surface area contributed by atoms with Gasteiger partial charge in [0.25, 0.3) is 0 Å². The number of hydrogen-bond acceptors (Lipinski definition) is 4. The number of aryl methyl sites for hydroxylation is 1. The summed E-state index contributed by atoms with van der Waals surface area (Å²) < 4.78 is 26.7. The maximum Gasteiger partial charge on any atom is 0.244 e. The van der Waals surface area contributed by atoms with E-state index in [1.807, 2.05) is 38.1 Å². The van der Waals surface area contributed by atoms with Crippen LogP contribution in [0.5, 0.6) is 0 Å². The Hall–Kier alpha value is -2.39. The summed E-state index contributed by atoms with van der Waals surface area (Å²) in [6.45, 7) is 3.54. The molecule has 2 rings (SSSR count). The summed E-state index contributed by atoms with van der Waals surface area (Å²) in [6, 6.07) is 13.7. The summed E-state index contributed by atoms with van der Waals surface area (Å²) in [7, 11) is -2.23. The minimum atomic E-state index is -3.75. The molecule has 2 amide bonds. The van der Waals surface area contributed by atoms with Crippen LogP contribution in [0.1, 0.15) is 24.5 Å². The molecule has 0 spiro atoms. The molecule has 31 heavy (non-hydrogen) atoms. The first-order chi connectivity index (χ1) is 14.6. The first-order valence-corrected chi connectivity index (χ1v) is 12.5. The topological polar surface area (TPSA) is 86.8 Å². The average molecular weight is 510 g/mol. The second kappa shape index (κ2) is 10.8. The van der Waals surface area contributed by atoms with E-state index in [0.29, 0.717) is 16.6 Å². The molecule has 0 heterocycles. The molecule has 0 aliphatic carbocycles. The highest BCUT2D eigenvalue weighted by Gasteiger charge is 2.31. The molecule has 2 aromatic rings. The number of halogens is 1. The van der Waals surface area contributed by atoms with E-state index in [0.717, 1.165) is 21.7 Å². The molecule has 0 fully saturated rings. The highest BCUT2D eigenvalue weighted by Crippen LogP contribution is 2.28. The van der Waals surface area contributed by atoms with Crippen molar-refractivity contribution in [2.45, 2.75) is 32.9 Å². The first-order valence-electron chi connectivity index (χ1n) is 9.88. The SMILES string of the molecule is CC[C@@H](C(=O)NC)N(Cc1ccccc1C)C(=O)CN(c1ccccc1Br)S(C)(=O)=O. The van der Waals surface area contributed by atoms with Crippen LogP contribution in [0.3, 0.4) is 0 Å². The zero-order chi connectivity index (χ0) is 23.2.